The molecule has 96 valence electrons. The van der Waals surface area contributed by atoms with E-state index in [0.717, 1.165) is 26.3 Å². The lowest BCUT2D eigenvalue weighted by molar-refractivity contribution is -0.120. The number of ether oxygens (including phenoxy) is 1. The summed E-state index contributed by atoms with van der Waals surface area (Å²) in [5, 5.41) is 0. The molecule has 0 fully saturated rings. The molecule has 0 unspecified atom stereocenters. The van der Waals surface area contributed by atoms with Gasteiger partial charge < -0.3 is 9.64 Å². The topological polar surface area (TPSA) is 42.4 Å². The minimum atomic E-state index is -0.0414. The summed E-state index contributed by atoms with van der Waals surface area (Å²) in [4.78, 5) is 17.6. The summed E-state index contributed by atoms with van der Waals surface area (Å²) in [6.07, 6.45) is 1.77. The van der Waals surface area contributed by atoms with Crippen LogP contribution in [0.4, 0.5) is 5.69 Å². The predicted molar refractivity (Wildman–Crippen MR) is 81.3 cm³/mol. The number of anilines is 1. The van der Waals surface area contributed by atoms with E-state index in [2.05, 4.69) is 27.6 Å². The number of nitrogens with zero attached hydrogens (tertiary/aromatic N) is 2. The number of rotatable bonds is 1. The Morgan fingerprint density at radius 1 is 1.37 bits per heavy atom. The summed E-state index contributed by atoms with van der Waals surface area (Å²) in [7, 11) is 1.76. The number of fused-ring (bicyclic) bond motifs is 1. The molecular weight excluding hydrogens is 355 g/mol. The summed E-state index contributed by atoms with van der Waals surface area (Å²) in [6, 6.07) is 9.69. The molecule has 0 N–H and O–H groups in total. The van der Waals surface area contributed by atoms with Crippen LogP contribution in [-0.4, -0.2) is 24.5 Å². The molecule has 0 saturated carbocycles. The molecule has 1 aromatic carbocycles. The standard InChI is InChI=1S/C14H11IN2O2/c1-17-12-4-2-3-10(14(12)19-8-13(17)18)11-7-9(15)5-6-16-11/h2-7H,8H2,1H3. The Morgan fingerprint density at radius 2 is 2.21 bits per heavy atom. The predicted octanol–water partition coefficient (Wildman–Crippen LogP) is 2.71. The lowest BCUT2D eigenvalue weighted by Gasteiger charge is -2.27. The zero-order valence-electron chi connectivity index (χ0n) is 10.3. The van der Waals surface area contributed by atoms with Gasteiger partial charge in [0.05, 0.1) is 11.4 Å². The fourth-order valence-corrected chi connectivity index (χ4v) is 2.52. The minimum Gasteiger partial charge on any atom is -0.481 e. The third-order valence-electron chi connectivity index (χ3n) is 3.07. The molecule has 0 radical (unpaired) electrons. The fraction of sp³-hybridized carbons (Fsp3) is 0.143. The molecule has 5 heteroatoms. The molecule has 0 bridgehead atoms. The smallest absolute Gasteiger partial charge is 0.264 e. The second-order valence-corrected chi connectivity index (χ2v) is 5.50. The molecule has 19 heavy (non-hydrogen) atoms. The van der Waals surface area contributed by atoms with Crippen LogP contribution in [0.1, 0.15) is 0 Å². The van der Waals surface area contributed by atoms with Gasteiger partial charge in [0.25, 0.3) is 5.91 Å². The van der Waals surface area contributed by atoms with Crippen molar-refractivity contribution in [3.63, 3.8) is 0 Å². The lowest BCUT2D eigenvalue weighted by atomic mass is 10.1. The number of amides is 1. The van der Waals surface area contributed by atoms with Crippen LogP contribution in [0.25, 0.3) is 11.3 Å². The first-order valence-electron chi connectivity index (χ1n) is 5.81. The number of carbonyl (C=O) groups is 1. The van der Waals surface area contributed by atoms with E-state index < -0.39 is 0 Å². The number of para-hydroxylation sites is 1. The van der Waals surface area contributed by atoms with Gasteiger partial charge >= 0.3 is 0 Å². The van der Waals surface area contributed by atoms with Crippen LogP contribution in [0.2, 0.25) is 0 Å². The third-order valence-corrected chi connectivity index (χ3v) is 3.74. The molecule has 1 aromatic heterocycles. The normalized spacial score (nSPS) is 14.0. The highest BCUT2D eigenvalue weighted by Gasteiger charge is 2.25. The van der Waals surface area contributed by atoms with Gasteiger partial charge in [0.15, 0.2) is 12.4 Å². The zero-order chi connectivity index (χ0) is 13.4. The monoisotopic (exact) mass is 366 g/mol. The number of carbonyl (C=O) groups excluding carboxylic acids is 1. The summed E-state index contributed by atoms with van der Waals surface area (Å²) in [5.41, 5.74) is 2.55. The Bertz CT molecular complexity index is 658. The summed E-state index contributed by atoms with van der Waals surface area (Å²) in [5.74, 6) is 0.680. The third kappa shape index (κ3) is 2.18. The van der Waals surface area contributed by atoms with E-state index in [-0.39, 0.29) is 12.5 Å². The van der Waals surface area contributed by atoms with Gasteiger partial charge in [-0.2, -0.15) is 0 Å². The van der Waals surface area contributed by atoms with Gasteiger partial charge in [0.1, 0.15) is 0 Å². The van der Waals surface area contributed by atoms with E-state index in [9.17, 15) is 4.79 Å². The van der Waals surface area contributed by atoms with Gasteiger partial charge in [0.2, 0.25) is 0 Å². The number of halogens is 1. The quantitative estimate of drug-likeness (QED) is 0.729. The molecule has 2 heterocycles. The molecule has 0 saturated heterocycles. The second kappa shape index (κ2) is 4.80. The van der Waals surface area contributed by atoms with Crippen molar-refractivity contribution in [1.82, 2.24) is 4.98 Å². The van der Waals surface area contributed by atoms with E-state index in [1.54, 1.807) is 18.1 Å². The first-order valence-corrected chi connectivity index (χ1v) is 6.89. The first-order chi connectivity index (χ1) is 9.16. The number of likely N-dealkylation sites (N-methyl/N-ethyl adjacent to an activating group) is 1. The summed E-state index contributed by atoms with van der Waals surface area (Å²) < 4.78 is 6.71. The van der Waals surface area contributed by atoms with Gasteiger partial charge in [-0.3, -0.25) is 9.78 Å². The number of hydrogen-bond donors (Lipinski definition) is 0. The van der Waals surface area contributed by atoms with Crippen molar-refractivity contribution in [2.24, 2.45) is 0 Å². The SMILES string of the molecule is CN1C(=O)COc2c(-c3cc(I)ccn3)cccc21. The van der Waals surface area contributed by atoms with Crippen LogP contribution in [0, 0.1) is 3.57 Å². The Labute approximate surface area is 124 Å². The largest absolute Gasteiger partial charge is 0.481 e. The maximum atomic E-state index is 11.6. The number of pyridine rings is 1. The molecular formula is C14H11IN2O2. The lowest BCUT2D eigenvalue weighted by Crippen LogP contribution is -2.35. The molecule has 1 amide bonds. The van der Waals surface area contributed by atoms with Crippen LogP contribution in [0.15, 0.2) is 36.5 Å². The van der Waals surface area contributed by atoms with Gasteiger partial charge in [0, 0.05) is 22.4 Å². The molecule has 3 rings (SSSR count). The van der Waals surface area contributed by atoms with Crippen molar-refractivity contribution >= 4 is 34.2 Å². The molecule has 1 aliphatic rings. The Kier molecular flexibility index (Phi) is 3.14. The van der Waals surface area contributed by atoms with Crippen molar-refractivity contribution in [3.8, 4) is 17.0 Å². The Balaban J connectivity index is 2.17. The maximum Gasteiger partial charge on any atom is 0.264 e. The van der Waals surface area contributed by atoms with Gasteiger partial charge in [-0.25, -0.2) is 0 Å². The molecule has 2 aromatic rings. The average Bonchev–Trinajstić information content (AvgIpc) is 2.42. The van der Waals surface area contributed by atoms with E-state index in [1.165, 1.54) is 0 Å². The number of hydrogen-bond acceptors (Lipinski definition) is 3. The Hall–Kier alpha value is -1.63. The summed E-state index contributed by atoms with van der Waals surface area (Å²) in [6.45, 7) is 0.0738. The Morgan fingerprint density at radius 3 is 3.00 bits per heavy atom. The summed E-state index contributed by atoms with van der Waals surface area (Å²) >= 11 is 2.25. The van der Waals surface area contributed by atoms with Crippen molar-refractivity contribution < 1.29 is 9.53 Å². The van der Waals surface area contributed by atoms with E-state index >= 15 is 0 Å². The molecule has 0 aliphatic carbocycles. The van der Waals surface area contributed by atoms with Crippen molar-refractivity contribution in [3.05, 3.63) is 40.1 Å². The fourth-order valence-electron chi connectivity index (χ4n) is 2.06. The molecule has 4 nitrogen and oxygen atoms in total. The maximum absolute atomic E-state index is 11.6. The molecule has 0 atom stereocenters. The van der Waals surface area contributed by atoms with Gasteiger partial charge in [-0.15, -0.1) is 0 Å². The number of benzene rings is 1. The van der Waals surface area contributed by atoms with E-state index in [4.69, 9.17) is 4.74 Å². The van der Waals surface area contributed by atoms with Crippen molar-refractivity contribution in [2.45, 2.75) is 0 Å². The van der Waals surface area contributed by atoms with Crippen LogP contribution >= 0.6 is 22.6 Å². The van der Waals surface area contributed by atoms with Crippen molar-refractivity contribution in [1.29, 1.82) is 0 Å². The minimum absolute atomic E-state index is 0.0414. The zero-order valence-corrected chi connectivity index (χ0v) is 12.4. The highest BCUT2D eigenvalue weighted by atomic mass is 127. The first kappa shape index (κ1) is 12.4. The van der Waals surface area contributed by atoms with Crippen LogP contribution < -0.4 is 9.64 Å². The molecule has 0 spiro atoms. The highest BCUT2D eigenvalue weighted by Crippen LogP contribution is 2.39. The number of aromatic nitrogens is 1. The van der Waals surface area contributed by atoms with E-state index in [0.29, 0.717) is 0 Å². The van der Waals surface area contributed by atoms with Gasteiger partial charge in [-0.1, -0.05) is 6.07 Å². The van der Waals surface area contributed by atoms with Crippen LogP contribution in [0.3, 0.4) is 0 Å². The molecule has 1 aliphatic heterocycles. The van der Waals surface area contributed by atoms with Gasteiger partial charge in [-0.05, 0) is 46.9 Å². The van der Waals surface area contributed by atoms with Crippen LogP contribution in [0.5, 0.6) is 5.75 Å². The van der Waals surface area contributed by atoms with Crippen LogP contribution in [-0.2, 0) is 4.79 Å². The van der Waals surface area contributed by atoms with E-state index in [1.807, 2.05) is 30.3 Å². The second-order valence-electron chi connectivity index (χ2n) is 4.25. The highest BCUT2D eigenvalue weighted by molar-refractivity contribution is 14.1. The average molecular weight is 366 g/mol. The van der Waals surface area contributed by atoms with Crippen molar-refractivity contribution in [2.75, 3.05) is 18.6 Å².